The van der Waals surface area contributed by atoms with Crippen LogP contribution in [0, 0.1) is 19.8 Å². The van der Waals surface area contributed by atoms with Crippen LogP contribution in [0.1, 0.15) is 51.8 Å². The summed E-state index contributed by atoms with van der Waals surface area (Å²) in [5.74, 6) is 2.34. The van der Waals surface area contributed by atoms with Gasteiger partial charge in [0.05, 0.1) is 23.3 Å². The van der Waals surface area contributed by atoms with Crippen LogP contribution in [0.25, 0.3) is 0 Å². The Balaban J connectivity index is 1.16. The highest BCUT2D eigenvalue weighted by Gasteiger charge is 2.37. The minimum Gasteiger partial charge on any atom is -0.493 e. The third-order valence-corrected chi connectivity index (χ3v) is 8.48. The third kappa shape index (κ3) is 5.44. The number of fused-ring (bicyclic) bond motifs is 3. The lowest BCUT2D eigenvalue weighted by Crippen LogP contribution is -2.29. The molecule has 6 rings (SSSR count). The van der Waals surface area contributed by atoms with Crippen LogP contribution in [0.15, 0.2) is 100 Å². The van der Waals surface area contributed by atoms with Crippen molar-refractivity contribution in [2.24, 2.45) is 10.9 Å². The summed E-state index contributed by atoms with van der Waals surface area (Å²) >= 11 is 3.66. The number of rotatable bonds is 7. The lowest BCUT2D eigenvalue weighted by molar-refractivity contribution is 0.282. The van der Waals surface area contributed by atoms with Gasteiger partial charge in [0.2, 0.25) is 0 Å². The average molecular weight is 594 g/mol. The summed E-state index contributed by atoms with van der Waals surface area (Å²) in [6.45, 7) is 4.71. The molecule has 0 aromatic heterocycles. The van der Waals surface area contributed by atoms with E-state index in [2.05, 4.69) is 114 Å². The second kappa shape index (κ2) is 11.3. The zero-order chi connectivity index (χ0) is 27.6. The first-order valence-corrected chi connectivity index (χ1v) is 14.5. The second-order valence-electron chi connectivity index (χ2n) is 10.7. The highest BCUT2D eigenvalue weighted by atomic mass is 79.9. The standard InChI is InChI=1S/C35H33BrN2O2/c1-22-7-10-24(11-8-22)21-40-35-31(36)18-25(19-33(35)39-3)20-37-27-14-12-26(13-15-27)34-29-6-4-5-28(29)30-17-23(2)9-16-32(30)38-34/h4-5,7-20,28-29,34,38H,6,21H2,1-3H3/t28-,29-,34+/m1/s1. The number of aliphatic imine (C=N–C) groups is 1. The van der Waals surface area contributed by atoms with Gasteiger partial charge >= 0.3 is 0 Å². The zero-order valence-corrected chi connectivity index (χ0v) is 24.6. The Morgan fingerprint density at radius 2 is 1.73 bits per heavy atom. The highest BCUT2D eigenvalue weighted by molar-refractivity contribution is 9.10. The largest absolute Gasteiger partial charge is 0.493 e. The van der Waals surface area contributed by atoms with Crippen molar-refractivity contribution in [2.75, 3.05) is 12.4 Å². The van der Waals surface area contributed by atoms with E-state index in [0.717, 1.165) is 27.7 Å². The van der Waals surface area contributed by atoms with E-state index in [0.29, 0.717) is 29.9 Å². The molecule has 0 radical (unpaired) electrons. The number of aryl methyl sites for hydroxylation is 2. The van der Waals surface area contributed by atoms with Crippen molar-refractivity contribution in [1.29, 1.82) is 0 Å². The van der Waals surface area contributed by atoms with Crippen LogP contribution in [0.5, 0.6) is 11.5 Å². The number of allylic oxidation sites excluding steroid dienone is 2. The van der Waals surface area contributed by atoms with Crippen LogP contribution in [0.2, 0.25) is 0 Å². The van der Waals surface area contributed by atoms with Crippen molar-refractivity contribution in [1.82, 2.24) is 0 Å². The molecule has 4 aromatic carbocycles. The summed E-state index contributed by atoms with van der Waals surface area (Å²) in [4.78, 5) is 4.75. The van der Waals surface area contributed by atoms with Crippen LogP contribution < -0.4 is 14.8 Å². The van der Waals surface area contributed by atoms with Crippen LogP contribution >= 0.6 is 15.9 Å². The molecule has 202 valence electrons. The molecule has 0 saturated carbocycles. The predicted octanol–water partition coefficient (Wildman–Crippen LogP) is 9.23. The fraction of sp³-hybridized carbons (Fsp3) is 0.229. The molecular formula is C35H33BrN2O2. The van der Waals surface area contributed by atoms with Gasteiger partial charge in [-0.05, 0) is 94.7 Å². The van der Waals surface area contributed by atoms with Gasteiger partial charge in [0, 0.05) is 17.8 Å². The van der Waals surface area contributed by atoms with Crippen molar-refractivity contribution in [3.05, 3.63) is 129 Å². The number of hydrogen-bond acceptors (Lipinski definition) is 4. The van der Waals surface area contributed by atoms with Gasteiger partial charge in [0.1, 0.15) is 6.61 Å². The third-order valence-electron chi connectivity index (χ3n) is 7.89. The topological polar surface area (TPSA) is 42.8 Å². The lowest BCUT2D eigenvalue weighted by Gasteiger charge is -2.37. The van der Waals surface area contributed by atoms with E-state index < -0.39 is 0 Å². The smallest absolute Gasteiger partial charge is 0.175 e. The van der Waals surface area contributed by atoms with Crippen LogP contribution in [0.3, 0.4) is 0 Å². The Bertz CT molecular complexity index is 1570. The maximum atomic E-state index is 6.10. The normalized spacial score (nSPS) is 19.2. The van der Waals surface area contributed by atoms with Crippen molar-refractivity contribution in [3.8, 4) is 11.5 Å². The van der Waals surface area contributed by atoms with Crippen molar-refractivity contribution in [2.45, 2.75) is 38.8 Å². The number of hydrogen-bond donors (Lipinski definition) is 1. The molecule has 0 unspecified atom stereocenters. The summed E-state index contributed by atoms with van der Waals surface area (Å²) in [5, 5.41) is 3.83. The van der Waals surface area contributed by atoms with E-state index in [1.54, 1.807) is 7.11 Å². The SMILES string of the molecule is COc1cc(C=Nc2ccc([C@@H]3Nc4ccc(C)cc4[C@@H]4C=CC[C@H]43)cc2)cc(Br)c1OCc1ccc(C)cc1. The minimum absolute atomic E-state index is 0.279. The lowest BCUT2D eigenvalue weighted by atomic mass is 9.76. The molecular weight excluding hydrogens is 560 g/mol. The van der Waals surface area contributed by atoms with Crippen LogP contribution in [0.4, 0.5) is 11.4 Å². The zero-order valence-electron chi connectivity index (χ0n) is 23.0. The maximum absolute atomic E-state index is 6.10. The summed E-state index contributed by atoms with van der Waals surface area (Å²) in [5.41, 5.74) is 9.45. The maximum Gasteiger partial charge on any atom is 0.175 e. The molecule has 0 fully saturated rings. The molecule has 1 N–H and O–H groups in total. The average Bonchev–Trinajstić information content (AvgIpc) is 3.47. The van der Waals surface area contributed by atoms with Gasteiger partial charge in [-0.15, -0.1) is 0 Å². The Morgan fingerprint density at radius 3 is 2.50 bits per heavy atom. The highest BCUT2D eigenvalue weighted by Crippen LogP contribution is 2.50. The number of nitrogens with one attached hydrogen (secondary N) is 1. The molecule has 0 amide bonds. The Kier molecular flexibility index (Phi) is 7.48. The molecule has 4 nitrogen and oxygen atoms in total. The van der Waals surface area contributed by atoms with E-state index in [1.807, 2.05) is 18.3 Å². The first-order chi connectivity index (χ1) is 19.5. The Labute approximate surface area is 244 Å². The fourth-order valence-corrected chi connectivity index (χ4v) is 6.33. The molecule has 3 atom stereocenters. The number of halogens is 1. The van der Waals surface area contributed by atoms with Crippen molar-refractivity contribution in [3.63, 3.8) is 0 Å². The number of methoxy groups -OCH3 is 1. The number of benzene rings is 4. The molecule has 40 heavy (non-hydrogen) atoms. The van der Waals surface area contributed by atoms with Gasteiger partial charge in [0.25, 0.3) is 0 Å². The van der Waals surface area contributed by atoms with E-state index >= 15 is 0 Å². The summed E-state index contributed by atoms with van der Waals surface area (Å²) in [7, 11) is 1.66. The minimum atomic E-state index is 0.279. The summed E-state index contributed by atoms with van der Waals surface area (Å²) in [6.07, 6.45) is 7.68. The van der Waals surface area contributed by atoms with E-state index in [1.165, 1.54) is 27.9 Å². The van der Waals surface area contributed by atoms with Gasteiger partial charge in [-0.3, -0.25) is 4.99 Å². The fourth-order valence-electron chi connectivity index (χ4n) is 5.75. The molecule has 1 aliphatic carbocycles. The summed E-state index contributed by atoms with van der Waals surface area (Å²) in [6, 6.07) is 27.9. The molecule has 2 aliphatic rings. The molecule has 1 heterocycles. The molecule has 5 heteroatoms. The van der Waals surface area contributed by atoms with Gasteiger partial charge < -0.3 is 14.8 Å². The Morgan fingerprint density at radius 1 is 0.950 bits per heavy atom. The molecule has 1 aliphatic heterocycles. The first kappa shape index (κ1) is 26.4. The van der Waals surface area contributed by atoms with Crippen molar-refractivity contribution < 1.29 is 9.47 Å². The van der Waals surface area contributed by atoms with Gasteiger partial charge in [-0.1, -0.05) is 71.8 Å². The van der Waals surface area contributed by atoms with Gasteiger partial charge in [0.15, 0.2) is 11.5 Å². The van der Waals surface area contributed by atoms with Gasteiger partial charge in [-0.25, -0.2) is 0 Å². The van der Waals surface area contributed by atoms with Crippen LogP contribution in [-0.2, 0) is 6.61 Å². The van der Waals surface area contributed by atoms with E-state index in [-0.39, 0.29) is 6.04 Å². The number of anilines is 1. The monoisotopic (exact) mass is 592 g/mol. The van der Waals surface area contributed by atoms with E-state index in [9.17, 15) is 0 Å². The molecule has 4 aromatic rings. The quantitative estimate of drug-likeness (QED) is 0.172. The van der Waals surface area contributed by atoms with E-state index in [4.69, 9.17) is 14.5 Å². The predicted molar refractivity (Wildman–Crippen MR) is 167 cm³/mol. The first-order valence-electron chi connectivity index (χ1n) is 13.7. The second-order valence-corrected chi connectivity index (χ2v) is 11.6. The number of ether oxygens (including phenoxy) is 2. The summed E-state index contributed by atoms with van der Waals surface area (Å²) < 4.78 is 12.6. The molecule has 0 spiro atoms. The Hall–Kier alpha value is -3.83. The van der Waals surface area contributed by atoms with Crippen molar-refractivity contribution >= 4 is 33.5 Å². The molecule has 0 bridgehead atoms. The van der Waals surface area contributed by atoms with Crippen LogP contribution in [-0.4, -0.2) is 13.3 Å². The number of nitrogens with zero attached hydrogens (tertiary/aromatic N) is 1. The van der Waals surface area contributed by atoms with Gasteiger partial charge in [-0.2, -0.15) is 0 Å². The molecule has 0 saturated heterocycles.